The van der Waals surface area contributed by atoms with Gasteiger partial charge in [0.15, 0.2) is 0 Å². The summed E-state index contributed by atoms with van der Waals surface area (Å²) in [5.74, 6) is -3.74. The second kappa shape index (κ2) is 17.2. The Morgan fingerprint density at radius 1 is 0.958 bits per heavy atom. The first kappa shape index (κ1) is 39.1. The topological polar surface area (TPSA) is 148 Å². The van der Waals surface area contributed by atoms with Gasteiger partial charge in [0.2, 0.25) is 5.91 Å². The lowest BCUT2D eigenvalue weighted by molar-refractivity contribution is -0.193. The molecule has 11 nitrogen and oxygen atoms in total. The Bertz CT molecular complexity index is 1510. The summed E-state index contributed by atoms with van der Waals surface area (Å²) in [5, 5.41) is 17.3. The summed E-state index contributed by atoms with van der Waals surface area (Å²) in [6, 6.07) is 15.4. The molecule has 0 spiro atoms. The van der Waals surface area contributed by atoms with Crippen LogP contribution in [0.1, 0.15) is 12.5 Å². The largest absolute Gasteiger partial charge is 0.497 e. The van der Waals surface area contributed by atoms with E-state index in [0.717, 1.165) is 34.7 Å². The van der Waals surface area contributed by atoms with Crippen LogP contribution in [0.25, 0.3) is 11.1 Å². The molecule has 1 amide bonds. The minimum absolute atomic E-state index is 0.0595. The minimum Gasteiger partial charge on any atom is -0.497 e. The van der Waals surface area contributed by atoms with E-state index in [1.54, 1.807) is 19.5 Å². The van der Waals surface area contributed by atoms with Crippen LogP contribution in [0.3, 0.4) is 0 Å². The van der Waals surface area contributed by atoms with Gasteiger partial charge < -0.3 is 34.6 Å². The highest BCUT2D eigenvalue weighted by Crippen LogP contribution is 2.34. The molecule has 0 fully saturated rings. The number of carboxylic acids is 2. The number of likely N-dealkylation sites (N-methyl/N-ethyl adjacent to an activating group) is 1. The van der Waals surface area contributed by atoms with E-state index in [0.29, 0.717) is 24.5 Å². The minimum atomic E-state index is -5.08. The molecule has 0 saturated carbocycles. The van der Waals surface area contributed by atoms with Gasteiger partial charge in [-0.3, -0.25) is 9.78 Å². The van der Waals surface area contributed by atoms with E-state index in [4.69, 9.17) is 34.0 Å². The zero-order valence-corrected chi connectivity index (χ0v) is 26.1. The SMILES string of the molecule is COc1ccc2c(c1)CC(C(=O)Nc1ccc(-c3ccncc3)cc1OC(C)CN(C)C)CO2.O=C(O)C(F)(F)F.O=C(O)C(F)(F)F. The van der Waals surface area contributed by atoms with Crippen molar-refractivity contribution >= 4 is 23.5 Å². The number of carbonyl (C=O) groups is 3. The first-order valence-electron chi connectivity index (χ1n) is 13.9. The highest BCUT2D eigenvalue weighted by atomic mass is 19.4. The van der Waals surface area contributed by atoms with E-state index in [-0.39, 0.29) is 17.9 Å². The molecule has 17 heteroatoms. The molecule has 2 atom stereocenters. The number of nitrogens with zero attached hydrogens (tertiary/aromatic N) is 2. The molecular formula is C31H33F6N3O8. The van der Waals surface area contributed by atoms with Gasteiger partial charge in [0.05, 0.1) is 18.7 Å². The normalized spacial score (nSPS) is 14.4. The number of anilines is 1. The lowest BCUT2D eigenvalue weighted by Crippen LogP contribution is -2.33. The maximum Gasteiger partial charge on any atom is 0.490 e. The number of carboxylic acid groups (broad SMARTS) is 2. The Morgan fingerprint density at radius 2 is 1.54 bits per heavy atom. The third-order valence-corrected chi connectivity index (χ3v) is 6.23. The van der Waals surface area contributed by atoms with Crippen molar-refractivity contribution in [2.75, 3.05) is 39.7 Å². The van der Waals surface area contributed by atoms with Crippen molar-refractivity contribution in [3.05, 3.63) is 66.5 Å². The summed E-state index contributed by atoms with van der Waals surface area (Å²) >= 11 is 0. The van der Waals surface area contributed by atoms with Crippen LogP contribution in [0.4, 0.5) is 32.0 Å². The highest BCUT2D eigenvalue weighted by molar-refractivity contribution is 5.95. The molecule has 1 aliphatic heterocycles. The van der Waals surface area contributed by atoms with E-state index >= 15 is 0 Å². The number of aliphatic carboxylic acids is 2. The van der Waals surface area contributed by atoms with Gasteiger partial charge in [-0.05, 0) is 86.6 Å². The van der Waals surface area contributed by atoms with Crippen LogP contribution in [-0.4, -0.2) is 90.8 Å². The number of hydrogen-bond acceptors (Lipinski definition) is 8. The number of amides is 1. The first-order chi connectivity index (χ1) is 22.3. The standard InChI is InChI=1S/C27H31N3O4.2C2HF3O2/c1-18(16-30(2)3)34-26-15-20(19-9-11-28-12-10-19)5-7-24(26)29-27(31)22-13-21-14-23(32-4)6-8-25(21)33-17-22;2*3-2(4,5)1(6)7/h5-12,14-15,18,22H,13,16-17H2,1-4H3,(H,29,31);2*(H,6,7). The van der Waals surface area contributed by atoms with E-state index in [1.165, 1.54) is 0 Å². The number of rotatable bonds is 8. The lowest BCUT2D eigenvalue weighted by Gasteiger charge is -2.26. The molecule has 2 aromatic carbocycles. The smallest absolute Gasteiger partial charge is 0.490 e. The number of hydrogen-bond donors (Lipinski definition) is 3. The number of fused-ring (bicyclic) bond motifs is 1. The van der Waals surface area contributed by atoms with Crippen LogP contribution in [0.5, 0.6) is 17.2 Å². The van der Waals surface area contributed by atoms with Crippen LogP contribution >= 0.6 is 0 Å². The number of carbonyl (C=O) groups excluding carboxylic acids is 1. The molecule has 0 bridgehead atoms. The summed E-state index contributed by atoms with van der Waals surface area (Å²) in [6.07, 6.45) is -6.12. The van der Waals surface area contributed by atoms with E-state index in [1.807, 2.05) is 69.6 Å². The molecule has 1 aromatic heterocycles. The summed E-state index contributed by atoms with van der Waals surface area (Å²) in [4.78, 5) is 37.2. The molecule has 3 aromatic rings. The third-order valence-electron chi connectivity index (χ3n) is 6.23. The number of nitrogens with one attached hydrogen (secondary N) is 1. The Labute approximate surface area is 271 Å². The maximum atomic E-state index is 13.2. The number of pyridine rings is 1. The van der Waals surface area contributed by atoms with Crippen LogP contribution in [0.2, 0.25) is 0 Å². The fourth-order valence-electron chi connectivity index (χ4n) is 4.12. The van der Waals surface area contributed by atoms with Gasteiger partial charge in [0.25, 0.3) is 0 Å². The highest BCUT2D eigenvalue weighted by Gasteiger charge is 2.39. The Hall–Kier alpha value is -5.06. The second-order valence-corrected chi connectivity index (χ2v) is 10.4. The zero-order chi connectivity index (χ0) is 36.2. The van der Waals surface area contributed by atoms with E-state index in [2.05, 4.69) is 15.2 Å². The van der Waals surface area contributed by atoms with Crippen molar-refractivity contribution in [1.29, 1.82) is 0 Å². The molecule has 0 radical (unpaired) electrons. The van der Waals surface area contributed by atoms with Crippen molar-refractivity contribution in [3.63, 3.8) is 0 Å². The van der Waals surface area contributed by atoms with Gasteiger partial charge in [-0.1, -0.05) is 6.07 Å². The lowest BCUT2D eigenvalue weighted by atomic mass is 9.95. The number of methoxy groups -OCH3 is 1. The van der Waals surface area contributed by atoms with Crippen LogP contribution in [0.15, 0.2) is 60.9 Å². The molecule has 0 saturated heterocycles. The van der Waals surface area contributed by atoms with Gasteiger partial charge >= 0.3 is 24.3 Å². The molecule has 1 aliphatic rings. The zero-order valence-electron chi connectivity index (χ0n) is 26.1. The number of benzene rings is 2. The monoisotopic (exact) mass is 689 g/mol. The quantitative estimate of drug-likeness (QED) is 0.258. The van der Waals surface area contributed by atoms with Crippen LogP contribution in [0, 0.1) is 5.92 Å². The fraction of sp³-hybridized carbons (Fsp3) is 0.355. The second-order valence-electron chi connectivity index (χ2n) is 10.4. The molecule has 0 aliphatic carbocycles. The molecule has 2 unspecified atom stereocenters. The van der Waals surface area contributed by atoms with Gasteiger partial charge in [-0.15, -0.1) is 0 Å². The predicted molar refractivity (Wildman–Crippen MR) is 160 cm³/mol. The fourth-order valence-corrected chi connectivity index (χ4v) is 4.12. The Kier molecular flexibility index (Phi) is 14.0. The summed E-state index contributed by atoms with van der Waals surface area (Å²) in [6.45, 7) is 3.10. The summed E-state index contributed by atoms with van der Waals surface area (Å²) in [5.41, 5.74) is 3.64. The molecular weight excluding hydrogens is 656 g/mol. The summed E-state index contributed by atoms with van der Waals surface area (Å²) < 4.78 is 80.9. The number of alkyl halides is 6. The van der Waals surface area contributed by atoms with Gasteiger partial charge in [-0.25, -0.2) is 9.59 Å². The Balaban J connectivity index is 0.000000479. The first-order valence-corrected chi connectivity index (χ1v) is 13.9. The molecule has 262 valence electrons. The van der Waals surface area contributed by atoms with Crippen molar-refractivity contribution in [2.24, 2.45) is 5.92 Å². The summed E-state index contributed by atoms with van der Waals surface area (Å²) in [7, 11) is 5.64. The number of halogens is 6. The van der Waals surface area contributed by atoms with Crippen LogP contribution in [-0.2, 0) is 20.8 Å². The van der Waals surface area contributed by atoms with Crippen molar-refractivity contribution < 1.29 is 65.1 Å². The molecule has 48 heavy (non-hydrogen) atoms. The maximum absolute atomic E-state index is 13.2. The van der Waals surface area contributed by atoms with Gasteiger partial charge in [0.1, 0.15) is 30.0 Å². The molecule has 4 rings (SSSR count). The van der Waals surface area contributed by atoms with Gasteiger partial charge in [0, 0.05) is 18.9 Å². The molecule has 3 N–H and O–H groups in total. The van der Waals surface area contributed by atoms with E-state index < -0.39 is 24.3 Å². The Morgan fingerprint density at radius 3 is 2.06 bits per heavy atom. The number of ether oxygens (including phenoxy) is 3. The average molecular weight is 690 g/mol. The number of aromatic nitrogens is 1. The van der Waals surface area contributed by atoms with Crippen LogP contribution < -0.4 is 19.5 Å². The van der Waals surface area contributed by atoms with E-state index in [9.17, 15) is 31.1 Å². The third kappa shape index (κ3) is 12.6. The molecule has 2 heterocycles. The van der Waals surface area contributed by atoms with Crippen molar-refractivity contribution in [3.8, 4) is 28.4 Å². The van der Waals surface area contributed by atoms with Gasteiger partial charge in [-0.2, -0.15) is 26.3 Å². The van der Waals surface area contributed by atoms with Crippen molar-refractivity contribution in [1.82, 2.24) is 9.88 Å². The average Bonchev–Trinajstić information content (AvgIpc) is 3.01. The van der Waals surface area contributed by atoms with Crippen molar-refractivity contribution in [2.45, 2.75) is 31.8 Å². The predicted octanol–water partition coefficient (Wildman–Crippen LogP) is 5.54.